The monoisotopic (exact) mass is 280 g/mol. The molecule has 0 heterocycles. The van der Waals surface area contributed by atoms with Gasteiger partial charge >= 0.3 is 0 Å². The van der Waals surface area contributed by atoms with Crippen LogP contribution in [0.1, 0.15) is 6.92 Å². The largest absolute Gasteiger partial charge is 1.00 e. The van der Waals surface area contributed by atoms with Gasteiger partial charge in [0.1, 0.15) is 5.69 Å². The van der Waals surface area contributed by atoms with Crippen LogP contribution in [-0.2, 0) is 4.79 Å². The van der Waals surface area contributed by atoms with Gasteiger partial charge in [-0.25, -0.2) is 0 Å². The van der Waals surface area contributed by atoms with E-state index in [0.29, 0.717) is 0 Å². The van der Waals surface area contributed by atoms with E-state index in [1.54, 1.807) is 0 Å². The van der Waals surface area contributed by atoms with E-state index in [1.807, 2.05) is 30.3 Å². The summed E-state index contributed by atoms with van der Waals surface area (Å²) < 4.78 is 0. The van der Waals surface area contributed by atoms with Crippen molar-refractivity contribution in [2.24, 2.45) is 0 Å². The Morgan fingerprint density at radius 1 is 1.33 bits per heavy atom. The minimum atomic E-state index is -1.08. The Kier molecular flexibility index (Phi) is 9.84. The molecule has 0 aliphatic carbocycles. The Hall–Kier alpha value is -0.620. The fraction of sp³-hybridized carbons (Fsp3) is 0.125. The molecule has 0 fully saturated rings. The van der Waals surface area contributed by atoms with Crippen molar-refractivity contribution < 1.29 is 39.6 Å². The Balaban J connectivity index is 0. The number of carbonyl (C=O) groups excluding carboxylic acids is 1. The van der Waals surface area contributed by atoms with Crippen molar-refractivity contribution in [1.29, 1.82) is 0 Å². The lowest BCUT2D eigenvalue weighted by Gasteiger charge is -1.78. The number of benzene rings is 1. The third-order valence-electron chi connectivity index (χ3n) is 0.843. The van der Waals surface area contributed by atoms with Gasteiger partial charge < -0.3 is 39.6 Å². The zero-order chi connectivity index (χ0) is 8.69. The molecule has 0 aliphatic rings. The Morgan fingerprint density at radius 3 is 1.83 bits per heavy atom. The average Bonchev–Trinajstić information content (AvgIpc) is 1.87. The van der Waals surface area contributed by atoms with E-state index in [4.69, 9.17) is 9.90 Å². The first kappa shape index (κ1) is 13.9. The molecule has 3 nitrogen and oxygen atoms in total. The van der Waals surface area contributed by atoms with Crippen LogP contribution in [0.15, 0.2) is 30.3 Å². The van der Waals surface area contributed by atoms with Crippen LogP contribution in [0.4, 0.5) is 5.69 Å². The molecule has 1 aromatic rings. The molecule has 0 spiro atoms. The predicted molar refractivity (Wildman–Crippen MR) is 39.7 cm³/mol. The maximum Gasteiger partial charge on any atom is 0.127 e. The van der Waals surface area contributed by atoms with Crippen molar-refractivity contribution in [2.45, 2.75) is 6.92 Å². The van der Waals surface area contributed by atoms with Gasteiger partial charge in [-0.3, -0.25) is 0 Å². The highest BCUT2D eigenvalue weighted by atomic mass is 127. The molecular weight excluding hydrogens is 269 g/mol. The maximum atomic E-state index is 8.89. The van der Waals surface area contributed by atoms with Gasteiger partial charge in [-0.15, -0.1) is 0 Å². The summed E-state index contributed by atoms with van der Waals surface area (Å²) in [6.45, 7) is 0.972. The number of carbonyl (C=O) groups is 1. The SMILES string of the molecule is CC(=O)[O-].[I-].[NH3+]c1ccccc1. The lowest BCUT2D eigenvalue weighted by atomic mass is 10.3. The van der Waals surface area contributed by atoms with Gasteiger partial charge in [-0.2, -0.15) is 0 Å². The highest BCUT2D eigenvalue weighted by Gasteiger charge is 1.77. The van der Waals surface area contributed by atoms with Crippen molar-refractivity contribution in [3.8, 4) is 0 Å². The van der Waals surface area contributed by atoms with E-state index in [9.17, 15) is 0 Å². The molecule has 1 rings (SSSR count). The van der Waals surface area contributed by atoms with Crippen LogP contribution >= 0.6 is 0 Å². The number of hydrogen-bond acceptors (Lipinski definition) is 2. The second-order valence-electron chi connectivity index (χ2n) is 1.98. The van der Waals surface area contributed by atoms with E-state index in [2.05, 4.69) is 5.73 Å². The molecule has 0 bridgehead atoms. The summed E-state index contributed by atoms with van der Waals surface area (Å²) >= 11 is 0. The standard InChI is InChI=1S/C6H7N.C2H4O2.HI/c7-6-4-2-1-3-5-6;1-2(3)4;/h1-5H,7H2;1H3,(H,3,4);1H/p-1. The number of halogens is 1. The quantitative estimate of drug-likeness (QED) is 0.497. The van der Waals surface area contributed by atoms with Crippen molar-refractivity contribution in [3.63, 3.8) is 0 Å². The molecule has 12 heavy (non-hydrogen) atoms. The molecule has 0 aliphatic heterocycles. The smallest absolute Gasteiger partial charge is 0.127 e. The number of quaternary nitrogens is 1. The molecule has 1 aromatic carbocycles. The normalized spacial score (nSPS) is 7.17. The lowest BCUT2D eigenvalue weighted by Crippen LogP contribution is -3.00. The third-order valence-corrected chi connectivity index (χ3v) is 0.843. The van der Waals surface area contributed by atoms with E-state index in [0.717, 1.165) is 12.6 Å². The Bertz CT molecular complexity index is 210. The van der Waals surface area contributed by atoms with Gasteiger partial charge in [0, 0.05) is 5.97 Å². The molecule has 68 valence electrons. The topological polar surface area (TPSA) is 67.8 Å². The van der Waals surface area contributed by atoms with Crippen LogP contribution in [0.3, 0.4) is 0 Å². The van der Waals surface area contributed by atoms with Crippen LogP contribution in [0.2, 0.25) is 0 Å². The van der Waals surface area contributed by atoms with E-state index >= 15 is 0 Å². The Morgan fingerprint density at radius 2 is 1.67 bits per heavy atom. The second-order valence-corrected chi connectivity index (χ2v) is 1.98. The van der Waals surface area contributed by atoms with Crippen LogP contribution in [0.25, 0.3) is 0 Å². The molecule has 0 saturated carbocycles. The summed E-state index contributed by atoms with van der Waals surface area (Å²) in [5, 5.41) is 8.89. The molecule has 0 unspecified atom stereocenters. The summed E-state index contributed by atoms with van der Waals surface area (Å²) in [7, 11) is 0. The van der Waals surface area contributed by atoms with E-state index in [-0.39, 0.29) is 24.0 Å². The predicted octanol–water partition coefficient (Wildman–Crippen LogP) is -3.68. The molecule has 0 aromatic heterocycles. The molecule has 3 N–H and O–H groups in total. The van der Waals surface area contributed by atoms with Crippen molar-refractivity contribution in [2.75, 3.05) is 0 Å². The fourth-order valence-electron chi connectivity index (χ4n) is 0.478. The number of hydrogen-bond donors (Lipinski definition) is 1. The van der Waals surface area contributed by atoms with Gasteiger partial charge in [0.05, 0.1) is 0 Å². The van der Waals surface area contributed by atoms with Crippen LogP contribution in [0, 0.1) is 0 Å². The van der Waals surface area contributed by atoms with Crippen LogP contribution < -0.4 is 34.8 Å². The summed E-state index contributed by atoms with van der Waals surface area (Å²) in [5.74, 6) is -1.08. The number of aliphatic carboxylic acids is 1. The zero-order valence-corrected chi connectivity index (χ0v) is 8.95. The fourth-order valence-corrected chi connectivity index (χ4v) is 0.478. The summed E-state index contributed by atoms with van der Waals surface area (Å²) in [6.07, 6.45) is 0. The highest BCUT2D eigenvalue weighted by Crippen LogP contribution is 1.93. The van der Waals surface area contributed by atoms with E-state index in [1.165, 1.54) is 0 Å². The average molecular weight is 280 g/mol. The van der Waals surface area contributed by atoms with Gasteiger partial charge in [-0.1, -0.05) is 18.2 Å². The van der Waals surface area contributed by atoms with Crippen molar-refractivity contribution in [1.82, 2.24) is 0 Å². The first-order valence-electron chi connectivity index (χ1n) is 3.17. The van der Waals surface area contributed by atoms with Gasteiger partial charge in [0.25, 0.3) is 0 Å². The molecule has 4 heteroatoms. The molecular formula is C8H11INO2-. The molecule has 0 atom stereocenters. The first-order valence-corrected chi connectivity index (χ1v) is 3.17. The van der Waals surface area contributed by atoms with Crippen molar-refractivity contribution in [3.05, 3.63) is 30.3 Å². The molecule has 0 amide bonds. The number of carboxylic acids is 1. The Labute approximate surface area is 88.6 Å². The lowest BCUT2D eigenvalue weighted by molar-refractivity contribution is -0.302. The van der Waals surface area contributed by atoms with Crippen LogP contribution in [0.5, 0.6) is 0 Å². The van der Waals surface area contributed by atoms with Crippen molar-refractivity contribution >= 4 is 11.7 Å². The number of rotatable bonds is 0. The second kappa shape index (κ2) is 8.48. The minimum Gasteiger partial charge on any atom is -1.00 e. The van der Waals surface area contributed by atoms with E-state index < -0.39 is 5.97 Å². The maximum absolute atomic E-state index is 8.89. The van der Waals surface area contributed by atoms with Gasteiger partial charge in [-0.05, 0) is 19.1 Å². The third kappa shape index (κ3) is 12.1. The first-order chi connectivity index (χ1) is 5.13. The number of carboxylic acid groups (broad SMARTS) is 1. The summed E-state index contributed by atoms with van der Waals surface area (Å²) in [6, 6.07) is 9.87. The van der Waals surface area contributed by atoms with Gasteiger partial charge in [0.15, 0.2) is 0 Å². The zero-order valence-electron chi connectivity index (χ0n) is 6.79. The van der Waals surface area contributed by atoms with Crippen LogP contribution in [-0.4, -0.2) is 5.97 Å². The molecule has 0 saturated heterocycles. The minimum absolute atomic E-state index is 0. The molecule has 0 radical (unpaired) electrons. The summed E-state index contributed by atoms with van der Waals surface area (Å²) in [5.41, 5.74) is 4.79. The van der Waals surface area contributed by atoms with Gasteiger partial charge in [0.2, 0.25) is 0 Å². The summed E-state index contributed by atoms with van der Waals surface area (Å²) in [4.78, 5) is 8.89. The highest BCUT2D eigenvalue weighted by molar-refractivity contribution is 5.60.